The number of fused-ring (bicyclic) bond motifs is 1. The Kier molecular flexibility index (Phi) is 2.46. The highest BCUT2D eigenvalue weighted by Crippen LogP contribution is 2.20. The molecule has 0 amide bonds. The molecule has 2 rings (SSSR count). The molecule has 1 aromatic heterocycles. The number of rotatable bonds is 3. The molecule has 0 saturated carbocycles. The Morgan fingerprint density at radius 1 is 1.47 bits per heavy atom. The molecule has 0 spiro atoms. The fourth-order valence-corrected chi connectivity index (χ4v) is 1.72. The highest BCUT2D eigenvalue weighted by Gasteiger charge is 2.13. The summed E-state index contributed by atoms with van der Waals surface area (Å²) in [5.74, 6) is -1.09. The van der Waals surface area contributed by atoms with Crippen LogP contribution in [-0.2, 0) is 11.2 Å². The number of para-hydroxylation sites is 1. The fourth-order valence-electron chi connectivity index (χ4n) is 1.72. The third-order valence-corrected chi connectivity index (χ3v) is 2.62. The Hall–Kier alpha value is -1.77. The molecule has 0 radical (unpaired) electrons. The predicted octanol–water partition coefficient (Wildman–Crippen LogP) is 2.43. The Morgan fingerprint density at radius 3 is 2.93 bits per heavy atom. The summed E-state index contributed by atoms with van der Waals surface area (Å²) >= 11 is 0. The van der Waals surface area contributed by atoms with Gasteiger partial charge in [0.2, 0.25) is 0 Å². The number of hydrogen-bond donors (Lipinski definition) is 2. The number of carboxylic acids is 1. The normalized spacial score (nSPS) is 12.9. The number of aliphatic carboxylic acids is 1. The van der Waals surface area contributed by atoms with E-state index in [0.29, 0.717) is 6.42 Å². The molecule has 0 fully saturated rings. The number of hydrogen-bond acceptors (Lipinski definition) is 1. The van der Waals surface area contributed by atoms with Gasteiger partial charge in [0.25, 0.3) is 0 Å². The molecule has 2 N–H and O–H groups in total. The summed E-state index contributed by atoms with van der Waals surface area (Å²) in [7, 11) is 0. The van der Waals surface area contributed by atoms with Crippen LogP contribution in [0.3, 0.4) is 0 Å². The molecule has 0 bridgehead atoms. The van der Waals surface area contributed by atoms with Crippen molar-refractivity contribution in [3.63, 3.8) is 0 Å². The Morgan fingerprint density at radius 2 is 2.20 bits per heavy atom. The summed E-state index contributed by atoms with van der Waals surface area (Å²) in [4.78, 5) is 13.9. The predicted molar refractivity (Wildman–Crippen MR) is 58.8 cm³/mol. The maximum absolute atomic E-state index is 10.8. The van der Waals surface area contributed by atoms with E-state index in [4.69, 9.17) is 5.11 Å². The topological polar surface area (TPSA) is 53.1 Å². The van der Waals surface area contributed by atoms with Crippen LogP contribution in [-0.4, -0.2) is 16.1 Å². The molecule has 15 heavy (non-hydrogen) atoms. The van der Waals surface area contributed by atoms with E-state index in [1.807, 2.05) is 30.5 Å². The molecular formula is C12H13NO2. The molecule has 1 atom stereocenters. The zero-order chi connectivity index (χ0) is 10.8. The molecule has 0 saturated heterocycles. The van der Waals surface area contributed by atoms with Crippen molar-refractivity contribution in [2.45, 2.75) is 13.3 Å². The number of aromatic nitrogens is 1. The molecule has 1 heterocycles. The number of carboxylic acid groups (broad SMARTS) is 1. The van der Waals surface area contributed by atoms with Crippen molar-refractivity contribution in [2.24, 2.45) is 5.92 Å². The van der Waals surface area contributed by atoms with E-state index in [0.717, 1.165) is 16.5 Å². The van der Waals surface area contributed by atoms with E-state index in [1.165, 1.54) is 0 Å². The number of carbonyl (C=O) groups is 1. The largest absolute Gasteiger partial charge is 0.481 e. The van der Waals surface area contributed by atoms with Gasteiger partial charge in [0.05, 0.1) is 5.92 Å². The molecule has 0 aliphatic carbocycles. The molecule has 78 valence electrons. The van der Waals surface area contributed by atoms with Crippen molar-refractivity contribution in [2.75, 3.05) is 0 Å². The maximum atomic E-state index is 10.8. The second-order valence-corrected chi connectivity index (χ2v) is 3.80. The van der Waals surface area contributed by atoms with E-state index in [2.05, 4.69) is 4.98 Å². The van der Waals surface area contributed by atoms with Crippen LogP contribution in [0.4, 0.5) is 0 Å². The SMILES string of the molecule is C[C@@H](Cc1c[nH]c2ccccc12)C(=O)O. The quantitative estimate of drug-likeness (QED) is 0.804. The van der Waals surface area contributed by atoms with Crippen LogP contribution in [0.5, 0.6) is 0 Å². The summed E-state index contributed by atoms with van der Waals surface area (Å²) in [6.45, 7) is 1.73. The number of H-pyrrole nitrogens is 1. The van der Waals surface area contributed by atoms with E-state index in [-0.39, 0.29) is 5.92 Å². The second kappa shape index (κ2) is 3.77. The summed E-state index contributed by atoms with van der Waals surface area (Å²) in [6, 6.07) is 7.92. The van der Waals surface area contributed by atoms with Crippen molar-refractivity contribution >= 4 is 16.9 Å². The van der Waals surface area contributed by atoms with Gasteiger partial charge in [-0.05, 0) is 18.1 Å². The molecule has 0 aliphatic rings. The number of aromatic amines is 1. The zero-order valence-corrected chi connectivity index (χ0v) is 8.53. The van der Waals surface area contributed by atoms with Gasteiger partial charge in [-0.2, -0.15) is 0 Å². The molecule has 3 nitrogen and oxygen atoms in total. The lowest BCUT2D eigenvalue weighted by atomic mass is 10.0. The third-order valence-electron chi connectivity index (χ3n) is 2.62. The monoisotopic (exact) mass is 203 g/mol. The summed E-state index contributed by atoms with van der Waals surface area (Å²) in [6.07, 6.45) is 2.46. The van der Waals surface area contributed by atoms with Crippen molar-refractivity contribution in [3.05, 3.63) is 36.0 Å². The van der Waals surface area contributed by atoms with Crippen LogP contribution in [0.15, 0.2) is 30.5 Å². The van der Waals surface area contributed by atoms with Gasteiger partial charge in [-0.3, -0.25) is 4.79 Å². The molecular weight excluding hydrogens is 190 g/mol. The highest BCUT2D eigenvalue weighted by atomic mass is 16.4. The fraction of sp³-hybridized carbons (Fsp3) is 0.250. The van der Waals surface area contributed by atoms with E-state index in [9.17, 15) is 4.79 Å². The van der Waals surface area contributed by atoms with Crippen molar-refractivity contribution in [1.29, 1.82) is 0 Å². The first-order chi connectivity index (χ1) is 7.18. The van der Waals surface area contributed by atoms with Gasteiger partial charge >= 0.3 is 5.97 Å². The minimum atomic E-state index is -0.750. The highest BCUT2D eigenvalue weighted by molar-refractivity contribution is 5.83. The first-order valence-corrected chi connectivity index (χ1v) is 4.96. The minimum absolute atomic E-state index is 0.343. The lowest BCUT2D eigenvalue weighted by molar-refractivity contribution is -0.141. The second-order valence-electron chi connectivity index (χ2n) is 3.80. The van der Waals surface area contributed by atoms with Crippen LogP contribution in [0.1, 0.15) is 12.5 Å². The number of benzene rings is 1. The van der Waals surface area contributed by atoms with Crippen LogP contribution in [0, 0.1) is 5.92 Å². The van der Waals surface area contributed by atoms with Crippen LogP contribution in [0.2, 0.25) is 0 Å². The average Bonchev–Trinajstić information content (AvgIpc) is 2.62. The Labute approximate surface area is 87.7 Å². The molecule has 3 heteroatoms. The summed E-state index contributed by atoms with van der Waals surface area (Å²) < 4.78 is 0. The lowest BCUT2D eigenvalue weighted by Crippen LogP contribution is -2.11. The maximum Gasteiger partial charge on any atom is 0.306 e. The summed E-state index contributed by atoms with van der Waals surface area (Å²) in [5, 5.41) is 9.96. The van der Waals surface area contributed by atoms with Crippen molar-refractivity contribution in [3.8, 4) is 0 Å². The zero-order valence-electron chi connectivity index (χ0n) is 8.53. The summed E-state index contributed by atoms with van der Waals surface area (Å²) in [5.41, 5.74) is 2.13. The van der Waals surface area contributed by atoms with Gasteiger partial charge in [0.1, 0.15) is 0 Å². The first kappa shape index (κ1) is 9.77. The van der Waals surface area contributed by atoms with Gasteiger partial charge in [-0.1, -0.05) is 25.1 Å². The third kappa shape index (κ3) is 1.86. The van der Waals surface area contributed by atoms with E-state index >= 15 is 0 Å². The van der Waals surface area contributed by atoms with Gasteiger partial charge in [0, 0.05) is 17.1 Å². The Bertz CT molecular complexity index is 487. The van der Waals surface area contributed by atoms with Crippen molar-refractivity contribution in [1.82, 2.24) is 4.98 Å². The van der Waals surface area contributed by atoms with Gasteiger partial charge in [-0.15, -0.1) is 0 Å². The minimum Gasteiger partial charge on any atom is -0.481 e. The van der Waals surface area contributed by atoms with E-state index < -0.39 is 5.97 Å². The molecule has 0 unspecified atom stereocenters. The van der Waals surface area contributed by atoms with Crippen LogP contribution >= 0.6 is 0 Å². The van der Waals surface area contributed by atoms with Gasteiger partial charge < -0.3 is 10.1 Å². The first-order valence-electron chi connectivity index (χ1n) is 4.96. The van der Waals surface area contributed by atoms with E-state index in [1.54, 1.807) is 6.92 Å². The average molecular weight is 203 g/mol. The van der Waals surface area contributed by atoms with Crippen LogP contribution < -0.4 is 0 Å². The van der Waals surface area contributed by atoms with Crippen LogP contribution in [0.25, 0.3) is 10.9 Å². The smallest absolute Gasteiger partial charge is 0.306 e. The Balaban J connectivity index is 2.32. The standard InChI is InChI=1S/C12H13NO2/c1-8(12(14)15)6-9-7-13-11-5-3-2-4-10(9)11/h2-5,7-8,13H,6H2,1H3,(H,14,15)/t8-/m0/s1. The lowest BCUT2D eigenvalue weighted by Gasteiger charge is -2.04. The van der Waals surface area contributed by atoms with Gasteiger partial charge in [0.15, 0.2) is 0 Å². The molecule has 0 aliphatic heterocycles. The van der Waals surface area contributed by atoms with Crippen molar-refractivity contribution < 1.29 is 9.90 Å². The number of nitrogens with one attached hydrogen (secondary N) is 1. The molecule has 1 aromatic carbocycles. The van der Waals surface area contributed by atoms with Gasteiger partial charge in [-0.25, -0.2) is 0 Å². The molecule has 2 aromatic rings.